The van der Waals surface area contributed by atoms with Gasteiger partial charge < -0.3 is 25.2 Å². The molecule has 2 aromatic heterocycles. The van der Waals surface area contributed by atoms with E-state index in [0.717, 1.165) is 77.4 Å². The van der Waals surface area contributed by atoms with Crippen molar-refractivity contribution in [3.63, 3.8) is 0 Å². The predicted molar refractivity (Wildman–Crippen MR) is 188 cm³/mol. The fourth-order valence-electron chi connectivity index (χ4n) is 6.69. The number of piperazine rings is 1. The molecule has 2 aliphatic rings. The van der Waals surface area contributed by atoms with Crippen LogP contribution in [0.4, 0.5) is 33.2 Å². The summed E-state index contributed by atoms with van der Waals surface area (Å²) in [6.07, 6.45) is 9.37. The molecule has 48 heavy (non-hydrogen) atoms. The van der Waals surface area contributed by atoms with Crippen LogP contribution in [0.5, 0.6) is 5.75 Å². The number of aryl methyl sites for hydroxylation is 1. The number of fused-ring (bicyclic) bond motifs is 1. The zero-order valence-electron chi connectivity index (χ0n) is 28.0. The molecule has 0 bridgehead atoms. The summed E-state index contributed by atoms with van der Waals surface area (Å²) in [6, 6.07) is 8.14. The summed E-state index contributed by atoms with van der Waals surface area (Å²) in [5, 5.41) is 6.22. The minimum Gasteiger partial charge on any atom is -0.494 e. The van der Waals surface area contributed by atoms with Crippen molar-refractivity contribution in [2.75, 3.05) is 75.2 Å². The number of aromatic nitrogens is 4. The first-order valence-corrected chi connectivity index (χ1v) is 18.5. The molecule has 4 heterocycles. The number of piperidine rings is 1. The topological polar surface area (TPSA) is 129 Å². The van der Waals surface area contributed by atoms with Crippen LogP contribution >= 0.6 is 0 Å². The van der Waals surface area contributed by atoms with Crippen molar-refractivity contribution in [3.8, 4) is 5.75 Å². The Bertz CT molecular complexity index is 1860. The summed E-state index contributed by atoms with van der Waals surface area (Å²) in [5.74, 6) is -0.319. The summed E-state index contributed by atoms with van der Waals surface area (Å²) in [6.45, 7) is 8.67. The van der Waals surface area contributed by atoms with Crippen LogP contribution in [-0.4, -0.2) is 104 Å². The third-order valence-corrected chi connectivity index (χ3v) is 9.99. The highest BCUT2D eigenvalue weighted by molar-refractivity contribution is 7.89. The maximum Gasteiger partial charge on any atom is 0.229 e. The lowest BCUT2D eigenvalue weighted by Crippen LogP contribution is -2.52. The number of nitrogens with one attached hydrogen (secondary N) is 2. The van der Waals surface area contributed by atoms with Gasteiger partial charge in [-0.15, -0.1) is 0 Å². The molecule has 2 aromatic carbocycles. The van der Waals surface area contributed by atoms with Gasteiger partial charge in [0.2, 0.25) is 5.95 Å². The van der Waals surface area contributed by atoms with Gasteiger partial charge in [-0.3, -0.25) is 14.9 Å². The van der Waals surface area contributed by atoms with Crippen molar-refractivity contribution in [3.05, 3.63) is 59.8 Å². The molecule has 0 radical (unpaired) electrons. The Morgan fingerprint density at radius 3 is 2.44 bits per heavy atom. The monoisotopic (exact) mass is 677 g/mol. The van der Waals surface area contributed by atoms with E-state index in [1.165, 1.54) is 23.6 Å². The molecule has 0 atom stereocenters. The number of sulfone groups is 1. The number of ether oxygens (including phenoxy) is 1. The average Bonchev–Trinajstić information content (AvgIpc) is 3.07. The van der Waals surface area contributed by atoms with E-state index < -0.39 is 15.7 Å². The van der Waals surface area contributed by atoms with Gasteiger partial charge >= 0.3 is 0 Å². The van der Waals surface area contributed by atoms with E-state index in [-0.39, 0.29) is 17.5 Å². The van der Waals surface area contributed by atoms with Gasteiger partial charge in [-0.05, 0) is 50.1 Å². The molecule has 2 saturated heterocycles. The predicted octanol–water partition coefficient (Wildman–Crippen LogP) is 4.77. The second kappa shape index (κ2) is 14.5. The second-order valence-electron chi connectivity index (χ2n) is 12.7. The molecule has 2 N–H and O–H groups in total. The molecule has 256 valence electrons. The van der Waals surface area contributed by atoms with Gasteiger partial charge in [0, 0.05) is 87.0 Å². The van der Waals surface area contributed by atoms with Crippen LogP contribution in [0.25, 0.3) is 11.0 Å². The lowest BCUT2D eigenvalue weighted by Gasteiger charge is -2.43. The van der Waals surface area contributed by atoms with Crippen LogP contribution in [-0.2, 0) is 22.0 Å². The van der Waals surface area contributed by atoms with E-state index in [4.69, 9.17) is 4.74 Å². The van der Waals surface area contributed by atoms with Crippen LogP contribution in [0, 0.1) is 5.82 Å². The molecule has 0 spiro atoms. The van der Waals surface area contributed by atoms with Crippen molar-refractivity contribution in [1.29, 1.82) is 0 Å². The molecule has 6 rings (SSSR count). The van der Waals surface area contributed by atoms with Gasteiger partial charge in [0.25, 0.3) is 0 Å². The number of benzene rings is 2. The SMILES string of the molecule is CCCc1cc(Nc2ncc(F)c(Nc3ccc4nccnc4c3CS(C)(=O)=O)n2)c(OC)cc1N1CCC(N2CCN(C)CC2)CC1. The van der Waals surface area contributed by atoms with Crippen LogP contribution in [0.15, 0.2) is 42.9 Å². The normalized spacial score (nSPS) is 16.7. The molecule has 0 amide bonds. The van der Waals surface area contributed by atoms with E-state index in [1.807, 2.05) is 0 Å². The average molecular weight is 678 g/mol. The van der Waals surface area contributed by atoms with Gasteiger partial charge in [0.15, 0.2) is 21.5 Å². The summed E-state index contributed by atoms with van der Waals surface area (Å²) in [7, 11) is 0.379. The highest BCUT2D eigenvalue weighted by Gasteiger charge is 2.28. The number of halogens is 1. The molecule has 0 aliphatic carbocycles. The number of methoxy groups -OCH3 is 1. The number of hydrogen-bond acceptors (Lipinski definition) is 12. The molecule has 2 fully saturated rings. The van der Waals surface area contributed by atoms with Crippen molar-refractivity contribution in [2.45, 2.75) is 44.4 Å². The van der Waals surface area contributed by atoms with E-state index in [1.54, 1.807) is 19.2 Å². The number of nitrogens with zero attached hydrogens (tertiary/aromatic N) is 7. The van der Waals surface area contributed by atoms with E-state index in [9.17, 15) is 8.42 Å². The van der Waals surface area contributed by atoms with Crippen molar-refractivity contribution in [2.24, 2.45) is 0 Å². The quantitative estimate of drug-likeness (QED) is 0.227. The summed E-state index contributed by atoms with van der Waals surface area (Å²) >= 11 is 0. The highest BCUT2D eigenvalue weighted by atomic mass is 32.2. The van der Waals surface area contributed by atoms with Crippen LogP contribution in [0.1, 0.15) is 37.3 Å². The van der Waals surface area contributed by atoms with Crippen molar-refractivity contribution in [1.82, 2.24) is 29.7 Å². The largest absolute Gasteiger partial charge is 0.494 e. The Morgan fingerprint density at radius 2 is 1.73 bits per heavy atom. The number of likely N-dealkylation sites (N-methyl/N-ethyl adjacent to an activating group) is 1. The number of rotatable bonds is 11. The first-order chi connectivity index (χ1) is 23.1. The maximum atomic E-state index is 15.1. The van der Waals surface area contributed by atoms with Crippen molar-refractivity contribution < 1.29 is 17.5 Å². The standard InChI is InChI=1S/C34H44FN9O3S/c1-5-6-23-19-29(31(47-3)20-30(23)44-13-9-24(10-14-44)43-17-15-42(2)16-18-43)40-34-38-21-26(35)33(41-34)39-27-7-8-28-32(37-12-11-36-28)25(27)22-48(4,45)46/h7-8,11-12,19-21,24H,5-6,9-10,13-18,22H2,1-4H3,(H2,38,39,40,41). The smallest absolute Gasteiger partial charge is 0.229 e. The molecule has 0 saturated carbocycles. The molecule has 4 aromatic rings. The van der Waals surface area contributed by atoms with Crippen molar-refractivity contribution >= 4 is 49.7 Å². The van der Waals surface area contributed by atoms with Crippen LogP contribution in [0.2, 0.25) is 0 Å². The third kappa shape index (κ3) is 7.77. The van der Waals surface area contributed by atoms with E-state index >= 15 is 4.39 Å². The summed E-state index contributed by atoms with van der Waals surface area (Å²) in [5.41, 5.74) is 4.74. The first kappa shape index (κ1) is 33.7. The molecule has 2 aliphatic heterocycles. The molecular formula is C34H44FN9O3S. The minimum absolute atomic E-state index is 0.113. The fraction of sp³-hybridized carbons (Fsp3) is 0.471. The zero-order chi connectivity index (χ0) is 33.8. The minimum atomic E-state index is -3.45. The molecule has 14 heteroatoms. The summed E-state index contributed by atoms with van der Waals surface area (Å²) in [4.78, 5) is 24.8. The molecule has 12 nitrogen and oxygen atoms in total. The van der Waals surface area contributed by atoms with E-state index in [0.29, 0.717) is 39.8 Å². The molecule has 0 unspecified atom stereocenters. The Labute approximate surface area is 281 Å². The van der Waals surface area contributed by atoms with Gasteiger partial charge in [-0.25, -0.2) is 17.8 Å². The van der Waals surface area contributed by atoms with Gasteiger partial charge in [0.1, 0.15) is 5.75 Å². The van der Waals surface area contributed by atoms with Crippen LogP contribution < -0.4 is 20.3 Å². The lowest BCUT2D eigenvalue weighted by atomic mass is 9.99. The molecular weight excluding hydrogens is 633 g/mol. The zero-order valence-corrected chi connectivity index (χ0v) is 28.9. The Hall–Kier alpha value is -4.14. The number of anilines is 5. The second-order valence-corrected chi connectivity index (χ2v) is 14.9. The Kier molecular flexibility index (Phi) is 10.2. The summed E-state index contributed by atoms with van der Waals surface area (Å²) < 4.78 is 45.6. The lowest BCUT2D eigenvalue weighted by molar-refractivity contribution is 0.0982. The third-order valence-electron chi connectivity index (χ3n) is 9.18. The highest BCUT2D eigenvalue weighted by Crippen LogP contribution is 2.37. The first-order valence-electron chi connectivity index (χ1n) is 16.5. The Morgan fingerprint density at radius 1 is 0.979 bits per heavy atom. The van der Waals surface area contributed by atoms with Crippen LogP contribution in [0.3, 0.4) is 0 Å². The number of hydrogen-bond donors (Lipinski definition) is 2. The van der Waals surface area contributed by atoms with Gasteiger partial charge in [-0.1, -0.05) is 13.3 Å². The fourth-order valence-corrected chi connectivity index (χ4v) is 7.50. The Balaban J connectivity index is 1.24. The van der Waals surface area contributed by atoms with Gasteiger partial charge in [-0.2, -0.15) is 4.98 Å². The van der Waals surface area contributed by atoms with Gasteiger partial charge in [0.05, 0.1) is 35.8 Å². The maximum absolute atomic E-state index is 15.1. The van der Waals surface area contributed by atoms with E-state index in [2.05, 4.69) is 71.4 Å².